The molecule has 0 bridgehead atoms. The van der Waals surface area contributed by atoms with Crippen LogP contribution in [0.15, 0.2) is 46.9 Å². The number of carbonyl (C=O) groups is 3. The molecule has 1 saturated carbocycles. The van der Waals surface area contributed by atoms with Gasteiger partial charge in [-0.2, -0.15) is 5.10 Å². The fourth-order valence-corrected chi connectivity index (χ4v) is 4.87. The lowest BCUT2D eigenvalue weighted by Crippen LogP contribution is -2.46. The van der Waals surface area contributed by atoms with Crippen molar-refractivity contribution in [1.29, 1.82) is 0 Å². The van der Waals surface area contributed by atoms with Gasteiger partial charge in [-0.15, -0.1) is 0 Å². The van der Waals surface area contributed by atoms with Crippen molar-refractivity contribution in [3.8, 4) is 0 Å². The molecule has 2 aromatic carbocycles. The maximum atomic E-state index is 14.3. The number of hydrogen-bond acceptors (Lipinski definition) is 4. The molecular formula is C22H19BrFN5O3. The van der Waals surface area contributed by atoms with E-state index in [9.17, 15) is 18.8 Å². The van der Waals surface area contributed by atoms with E-state index >= 15 is 0 Å². The summed E-state index contributed by atoms with van der Waals surface area (Å²) in [4.78, 5) is 39.5. The van der Waals surface area contributed by atoms with E-state index in [1.807, 2.05) is 0 Å². The van der Waals surface area contributed by atoms with Gasteiger partial charge in [0.05, 0.1) is 15.7 Å². The molecule has 164 valence electrons. The Balaban J connectivity index is 1.39. The highest BCUT2D eigenvalue weighted by Crippen LogP contribution is 2.48. The molecule has 32 heavy (non-hydrogen) atoms. The minimum Gasteiger partial charge on any atom is -0.364 e. The highest BCUT2D eigenvalue weighted by Gasteiger charge is 2.56. The molecular weight excluding hydrogens is 481 g/mol. The molecule has 0 radical (unpaired) electrons. The van der Waals surface area contributed by atoms with Crippen molar-refractivity contribution >= 4 is 50.2 Å². The molecule has 3 amide bonds. The first-order valence-electron chi connectivity index (χ1n) is 10.2. The summed E-state index contributed by atoms with van der Waals surface area (Å²) < 4.78 is 16.0. The molecule has 8 nitrogen and oxygen atoms in total. The summed E-state index contributed by atoms with van der Waals surface area (Å²) in [6.45, 7) is -0.133. The first-order valence-corrected chi connectivity index (χ1v) is 11.0. The monoisotopic (exact) mass is 499 g/mol. The van der Waals surface area contributed by atoms with Gasteiger partial charge in [0.2, 0.25) is 11.8 Å². The zero-order valence-electron chi connectivity index (χ0n) is 16.8. The van der Waals surface area contributed by atoms with Crippen LogP contribution < -0.4 is 11.1 Å². The van der Waals surface area contributed by atoms with Crippen molar-refractivity contribution in [2.75, 3.05) is 5.32 Å². The molecule has 1 saturated heterocycles. The molecule has 1 aliphatic heterocycles. The summed E-state index contributed by atoms with van der Waals surface area (Å²) >= 11 is 3.11. The topological polar surface area (TPSA) is 110 Å². The summed E-state index contributed by atoms with van der Waals surface area (Å²) in [6, 6.07) is 11.0. The van der Waals surface area contributed by atoms with E-state index in [2.05, 4.69) is 26.3 Å². The molecule has 10 heteroatoms. The number of primary amides is 1. The summed E-state index contributed by atoms with van der Waals surface area (Å²) in [5, 5.41) is 7.41. The van der Waals surface area contributed by atoms with E-state index in [1.165, 1.54) is 10.7 Å². The molecule has 2 heterocycles. The summed E-state index contributed by atoms with van der Waals surface area (Å²) in [5.41, 5.74) is 6.20. The van der Waals surface area contributed by atoms with Gasteiger partial charge < -0.3 is 16.0 Å². The second kappa shape index (κ2) is 7.70. The van der Waals surface area contributed by atoms with Gasteiger partial charge in [-0.05, 0) is 52.9 Å². The predicted molar refractivity (Wildman–Crippen MR) is 118 cm³/mol. The molecule has 2 fully saturated rings. The third-order valence-electron chi connectivity index (χ3n) is 6.08. The van der Waals surface area contributed by atoms with Gasteiger partial charge in [0.1, 0.15) is 12.6 Å². The number of nitrogens with two attached hydrogens (primary N) is 1. The Morgan fingerprint density at radius 3 is 2.72 bits per heavy atom. The van der Waals surface area contributed by atoms with Crippen LogP contribution in [0.25, 0.3) is 10.9 Å². The van der Waals surface area contributed by atoms with Gasteiger partial charge >= 0.3 is 0 Å². The largest absolute Gasteiger partial charge is 0.364 e. The summed E-state index contributed by atoms with van der Waals surface area (Å²) in [5.74, 6) is -1.69. The van der Waals surface area contributed by atoms with E-state index < -0.39 is 23.7 Å². The Morgan fingerprint density at radius 1 is 1.16 bits per heavy atom. The van der Waals surface area contributed by atoms with E-state index in [1.54, 1.807) is 41.3 Å². The summed E-state index contributed by atoms with van der Waals surface area (Å²) in [6.07, 6.45) is 1.37. The number of aromatic nitrogens is 2. The average molecular weight is 500 g/mol. The van der Waals surface area contributed by atoms with Crippen molar-refractivity contribution in [2.45, 2.75) is 31.5 Å². The van der Waals surface area contributed by atoms with Crippen LogP contribution in [-0.2, 0) is 16.1 Å². The standard InChI is InChI=1S/C22H19BrFN5O3/c23-13-5-3-6-14(19(13)24)26-22(32)17-9-11-8-16(11)29(17)18(30)10-28-15-7-2-1-4-12(15)20(27-28)21(25)31/h1-7,11,16-17H,8-10H2,(H2,25,31)(H,26,32)/t11-,16-,17+/m1/s1. The van der Waals surface area contributed by atoms with E-state index in [0.29, 0.717) is 17.3 Å². The van der Waals surface area contributed by atoms with Crippen molar-refractivity contribution < 1.29 is 18.8 Å². The lowest BCUT2D eigenvalue weighted by molar-refractivity contribution is -0.138. The number of nitrogens with zero attached hydrogens (tertiary/aromatic N) is 3. The van der Waals surface area contributed by atoms with Crippen molar-refractivity contribution in [1.82, 2.24) is 14.7 Å². The van der Waals surface area contributed by atoms with Gasteiger partial charge in [-0.25, -0.2) is 4.39 Å². The van der Waals surface area contributed by atoms with Crippen molar-refractivity contribution in [3.63, 3.8) is 0 Å². The van der Waals surface area contributed by atoms with Gasteiger partial charge in [-0.1, -0.05) is 24.3 Å². The Kier molecular flexibility index (Phi) is 4.96. The zero-order chi connectivity index (χ0) is 22.6. The molecule has 3 N–H and O–H groups in total. The SMILES string of the molecule is NC(=O)c1nn(CC(=O)N2[C@@H]3C[C@@H]3C[C@H]2C(=O)Nc2cccc(Br)c2F)c2ccccc12. The Hall–Kier alpha value is -3.27. The van der Waals surface area contributed by atoms with Crippen LogP contribution in [0.5, 0.6) is 0 Å². The molecule has 1 aliphatic carbocycles. The van der Waals surface area contributed by atoms with Crippen LogP contribution in [-0.4, -0.2) is 44.5 Å². The minimum absolute atomic E-state index is 0.0111. The summed E-state index contributed by atoms with van der Waals surface area (Å²) in [7, 11) is 0. The number of nitrogens with one attached hydrogen (secondary N) is 1. The molecule has 3 atom stereocenters. The molecule has 5 rings (SSSR count). The highest BCUT2D eigenvalue weighted by molar-refractivity contribution is 9.10. The smallest absolute Gasteiger partial charge is 0.269 e. The fraction of sp³-hybridized carbons (Fsp3) is 0.273. The molecule has 0 unspecified atom stereocenters. The Bertz CT molecular complexity index is 1280. The predicted octanol–water partition coefficient (Wildman–Crippen LogP) is 2.66. The van der Waals surface area contributed by atoms with Crippen LogP contribution >= 0.6 is 15.9 Å². The number of likely N-dealkylation sites (tertiary alicyclic amines) is 1. The Labute approximate surface area is 190 Å². The van der Waals surface area contributed by atoms with E-state index in [-0.39, 0.29) is 40.3 Å². The van der Waals surface area contributed by atoms with Crippen LogP contribution in [0.2, 0.25) is 0 Å². The molecule has 1 aromatic heterocycles. The number of fused-ring (bicyclic) bond motifs is 2. The van der Waals surface area contributed by atoms with Crippen LogP contribution in [0, 0.1) is 11.7 Å². The van der Waals surface area contributed by atoms with Gasteiger partial charge in [-0.3, -0.25) is 19.1 Å². The lowest BCUT2D eigenvalue weighted by Gasteiger charge is -2.27. The number of benzene rings is 2. The molecule has 0 spiro atoms. The van der Waals surface area contributed by atoms with Crippen molar-refractivity contribution in [2.24, 2.45) is 11.7 Å². The quantitative estimate of drug-likeness (QED) is 0.562. The molecule has 3 aromatic rings. The average Bonchev–Trinajstić information content (AvgIpc) is 3.27. The zero-order valence-corrected chi connectivity index (χ0v) is 18.4. The normalized spacial score (nSPS) is 21.4. The van der Waals surface area contributed by atoms with Crippen LogP contribution in [0.3, 0.4) is 0 Å². The number of carbonyl (C=O) groups excluding carboxylic acids is 3. The van der Waals surface area contributed by atoms with E-state index in [4.69, 9.17) is 5.73 Å². The first-order chi connectivity index (χ1) is 15.3. The third kappa shape index (κ3) is 3.44. The highest BCUT2D eigenvalue weighted by atomic mass is 79.9. The van der Waals surface area contributed by atoms with Crippen molar-refractivity contribution in [3.05, 3.63) is 58.4 Å². The lowest BCUT2D eigenvalue weighted by atomic mass is 10.1. The molecule has 2 aliphatic rings. The number of para-hydroxylation sites is 1. The van der Waals surface area contributed by atoms with Gasteiger partial charge in [0, 0.05) is 11.4 Å². The maximum Gasteiger partial charge on any atom is 0.269 e. The number of amides is 3. The minimum atomic E-state index is -0.693. The second-order valence-electron chi connectivity index (χ2n) is 8.09. The number of piperidine rings is 1. The van der Waals surface area contributed by atoms with Gasteiger partial charge in [0.25, 0.3) is 5.91 Å². The van der Waals surface area contributed by atoms with Gasteiger partial charge in [0.15, 0.2) is 11.5 Å². The second-order valence-corrected chi connectivity index (χ2v) is 8.95. The number of hydrogen-bond donors (Lipinski definition) is 2. The van der Waals surface area contributed by atoms with Crippen LogP contribution in [0.1, 0.15) is 23.3 Å². The number of halogens is 2. The maximum absolute atomic E-state index is 14.3. The Morgan fingerprint density at radius 2 is 1.94 bits per heavy atom. The number of anilines is 1. The first kappa shape index (κ1) is 20.6. The number of rotatable bonds is 5. The van der Waals surface area contributed by atoms with Crippen LogP contribution in [0.4, 0.5) is 10.1 Å². The third-order valence-corrected chi connectivity index (χ3v) is 6.69. The fourth-order valence-electron chi connectivity index (χ4n) is 4.51. The van der Waals surface area contributed by atoms with E-state index in [0.717, 1.165) is 6.42 Å².